The highest BCUT2D eigenvalue weighted by atomic mass is 19.4. The summed E-state index contributed by atoms with van der Waals surface area (Å²) >= 11 is 0. The molecule has 0 spiro atoms. The Bertz CT molecular complexity index is 857. The predicted molar refractivity (Wildman–Crippen MR) is 88.0 cm³/mol. The van der Waals surface area contributed by atoms with Crippen LogP contribution < -0.4 is 10.6 Å². The molecule has 2 aromatic rings. The number of benzene rings is 2. The summed E-state index contributed by atoms with van der Waals surface area (Å²) in [6, 6.07) is 15.2. The minimum absolute atomic E-state index is 0.207. The van der Waals surface area contributed by atoms with E-state index in [1.165, 1.54) is 6.07 Å². The van der Waals surface area contributed by atoms with Gasteiger partial charge < -0.3 is 10.6 Å². The van der Waals surface area contributed by atoms with Crippen LogP contribution in [0.4, 0.5) is 13.2 Å². The fourth-order valence-corrected chi connectivity index (χ4v) is 2.25. The zero-order chi connectivity index (χ0) is 19.2. The number of carbonyl (C=O) groups excluding carboxylic acids is 2. The van der Waals surface area contributed by atoms with Crippen molar-refractivity contribution in [2.45, 2.75) is 6.18 Å². The summed E-state index contributed by atoms with van der Waals surface area (Å²) < 4.78 is 36.2. The third-order valence-electron chi connectivity index (χ3n) is 3.40. The van der Waals surface area contributed by atoms with Crippen LogP contribution in [0.2, 0.25) is 0 Å². The molecule has 0 atom stereocenters. The molecule has 0 aliphatic heterocycles. The largest absolute Gasteiger partial charge is 0.405 e. The molecule has 134 valence electrons. The van der Waals surface area contributed by atoms with Gasteiger partial charge in [-0.15, -0.1) is 0 Å². The molecule has 0 unspecified atom stereocenters. The Balaban J connectivity index is 2.14. The Morgan fingerprint density at radius 3 is 2.23 bits per heavy atom. The smallest absolute Gasteiger partial charge is 0.345 e. The zero-order valence-corrected chi connectivity index (χ0v) is 13.4. The molecular weight excluding hydrogens is 347 g/mol. The first-order chi connectivity index (χ1) is 12.3. The lowest BCUT2D eigenvalue weighted by molar-refractivity contribution is -0.137. The van der Waals surface area contributed by atoms with Gasteiger partial charge in [-0.2, -0.15) is 18.4 Å². The number of halogens is 3. The van der Waals surface area contributed by atoms with Gasteiger partial charge in [-0.25, -0.2) is 0 Å². The van der Waals surface area contributed by atoms with E-state index in [4.69, 9.17) is 0 Å². The van der Waals surface area contributed by atoms with Gasteiger partial charge in [0.15, 0.2) is 0 Å². The first-order valence-corrected chi connectivity index (χ1v) is 7.52. The van der Waals surface area contributed by atoms with Crippen molar-refractivity contribution in [1.82, 2.24) is 10.6 Å². The van der Waals surface area contributed by atoms with E-state index in [-0.39, 0.29) is 5.56 Å². The minimum Gasteiger partial charge on any atom is -0.345 e. The number of nitrogens with one attached hydrogen (secondary N) is 2. The van der Waals surface area contributed by atoms with Crippen LogP contribution in [-0.4, -0.2) is 31.1 Å². The summed E-state index contributed by atoms with van der Waals surface area (Å²) in [5.74, 6) is -1.58. The van der Waals surface area contributed by atoms with Gasteiger partial charge in [0.1, 0.15) is 6.54 Å². The summed E-state index contributed by atoms with van der Waals surface area (Å²) in [5.41, 5.74) is 1.61. The van der Waals surface area contributed by atoms with E-state index >= 15 is 0 Å². The minimum atomic E-state index is -4.52. The molecule has 0 aliphatic carbocycles. The maximum Gasteiger partial charge on any atom is 0.405 e. The van der Waals surface area contributed by atoms with E-state index in [0.29, 0.717) is 16.7 Å². The van der Waals surface area contributed by atoms with E-state index in [0.717, 1.165) is 0 Å². The summed E-state index contributed by atoms with van der Waals surface area (Å²) in [6.45, 7) is -2.06. The zero-order valence-electron chi connectivity index (χ0n) is 13.4. The van der Waals surface area contributed by atoms with Crippen molar-refractivity contribution >= 4 is 11.8 Å². The third kappa shape index (κ3) is 5.08. The van der Waals surface area contributed by atoms with Crippen LogP contribution in [0, 0.1) is 11.3 Å². The lowest BCUT2D eigenvalue weighted by atomic mass is 9.95. The van der Waals surface area contributed by atoms with Crippen molar-refractivity contribution < 1.29 is 22.8 Å². The maximum atomic E-state index is 12.3. The van der Waals surface area contributed by atoms with E-state index in [2.05, 4.69) is 5.32 Å². The Morgan fingerprint density at radius 2 is 1.58 bits per heavy atom. The highest BCUT2D eigenvalue weighted by Gasteiger charge is 2.27. The van der Waals surface area contributed by atoms with Crippen molar-refractivity contribution in [3.05, 3.63) is 59.7 Å². The van der Waals surface area contributed by atoms with Gasteiger partial charge in [0.2, 0.25) is 5.91 Å². The van der Waals surface area contributed by atoms with E-state index in [1.54, 1.807) is 47.8 Å². The second kappa shape index (κ2) is 8.16. The lowest BCUT2D eigenvalue weighted by Crippen LogP contribution is -2.41. The van der Waals surface area contributed by atoms with Crippen molar-refractivity contribution in [1.29, 1.82) is 5.26 Å². The quantitative estimate of drug-likeness (QED) is 0.859. The molecule has 2 rings (SSSR count). The van der Waals surface area contributed by atoms with Gasteiger partial charge in [0.05, 0.1) is 18.2 Å². The number of nitriles is 1. The molecule has 0 heterocycles. The van der Waals surface area contributed by atoms with Gasteiger partial charge in [0.25, 0.3) is 5.91 Å². The van der Waals surface area contributed by atoms with Crippen LogP contribution in [0.15, 0.2) is 48.5 Å². The molecule has 26 heavy (non-hydrogen) atoms. The molecule has 8 heteroatoms. The summed E-state index contributed by atoms with van der Waals surface area (Å²) in [7, 11) is 0. The van der Waals surface area contributed by atoms with Gasteiger partial charge >= 0.3 is 6.18 Å². The van der Waals surface area contributed by atoms with Crippen molar-refractivity contribution in [3.8, 4) is 17.2 Å². The van der Waals surface area contributed by atoms with Crippen LogP contribution in [0.3, 0.4) is 0 Å². The van der Waals surface area contributed by atoms with Crippen LogP contribution >= 0.6 is 0 Å². The van der Waals surface area contributed by atoms with Crippen molar-refractivity contribution in [2.75, 3.05) is 13.1 Å². The van der Waals surface area contributed by atoms with Gasteiger partial charge in [0, 0.05) is 11.1 Å². The number of alkyl halides is 3. The average molecular weight is 361 g/mol. The number of amides is 2. The van der Waals surface area contributed by atoms with E-state index in [9.17, 15) is 28.0 Å². The first-order valence-electron chi connectivity index (χ1n) is 7.52. The highest BCUT2D eigenvalue weighted by molar-refractivity contribution is 6.02. The van der Waals surface area contributed by atoms with Gasteiger partial charge in [-0.3, -0.25) is 9.59 Å². The number of rotatable bonds is 5. The van der Waals surface area contributed by atoms with E-state index < -0.39 is 31.1 Å². The molecule has 0 aliphatic rings. The van der Waals surface area contributed by atoms with Crippen molar-refractivity contribution in [3.63, 3.8) is 0 Å². The lowest BCUT2D eigenvalue weighted by Gasteiger charge is -2.12. The Kier molecular flexibility index (Phi) is 5.96. The number of nitrogens with zero attached hydrogens (tertiary/aromatic N) is 1. The molecule has 5 nitrogen and oxygen atoms in total. The number of hydrogen-bond donors (Lipinski definition) is 2. The average Bonchev–Trinajstić information content (AvgIpc) is 2.63. The second-order valence-corrected chi connectivity index (χ2v) is 5.28. The topological polar surface area (TPSA) is 82.0 Å². The highest BCUT2D eigenvalue weighted by Crippen LogP contribution is 2.26. The van der Waals surface area contributed by atoms with Gasteiger partial charge in [-0.05, 0) is 17.7 Å². The fourth-order valence-electron chi connectivity index (χ4n) is 2.25. The molecule has 0 aromatic heterocycles. The van der Waals surface area contributed by atoms with E-state index in [1.807, 2.05) is 6.07 Å². The Labute approximate surface area is 147 Å². The third-order valence-corrected chi connectivity index (χ3v) is 3.40. The molecule has 2 amide bonds. The summed E-state index contributed by atoms with van der Waals surface area (Å²) in [4.78, 5) is 23.8. The maximum absolute atomic E-state index is 12.3. The monoisotopic (exact) mass is 361 g/mol. The number of carbonyl (C=O) groups is 2. The predicted octanol–water partition coefficient (Wildman–Crippen LogP) is 2.63. The van der Waals surface area contributed by atoms with Crippen LogP contribution in [0.1, 0.15) is 15.9 Å². The molecule has 0 radical (unpaired) electrons. The number of hydrogen-bond acceptors (Lipinski definition) is 3. The molecule has 0 saturated carbocycles. The molecule has 2 N–H and O–H groups in total. The van der Waals surface area contributed by atoms with Crippen LogP contribution in [-0.2, 0) is 4.79 Å². The SMILES string of the molecule is N#Cc1ccccc1-c1ccccc1C(=O)NCC(=O)NCC(F)(F)F. The molecular formula is C18H14F3N3O2. The molecule has 2 aromatic carbocycles. The molecule has 0 fully saturated rings. The fraction of sp³-hybridized carbons (Fsp3) is 0.167. The summed E-state index contributed by atoms with van der Waals surface area (Å²) in [5, 5.41) is 13.2. The first kappa shape index (κ1) is 19.0. The second-order valence-electron chi connectivity index (χ2n) is 5.28. The normalized spacial score (nSPS) is 10.7. The van der Waals surface area contributed by atoms with Crippen LogP contribution in [0.25, 0.3) is 11.1 Å². The summed E-state index contributed by atoms with van der Waals surface area (Å²) in [6.07, 6.45) is -4.52. The molecule has 0 saturated heterocycles. The molecule has 0 bridgehead atoms. The Morgan fingerprint density at radius 1 is 0.962 bits per heavy atom. The van der Waals surface area contributed by atoms with Crippen molar-refractivity contribution in [2.24, 2.45) is 0 Å². The van der Waals surface area contributed by atoms with Crippen LogP contribution in [0.5, 0.6) is 0 Å². The Hall–Kier alpha value is -3.34. The van der Waals surface area contributed by atoms with Gasteiger partial charge in [-0.1, -0.05) is 36.4 Å². The standard InChI is InChI=1S/C18H14F3N3O2/c19-18(20,21)11-24-16(25)10-23-17(26)15-8-4-3-7-14(15)13-6-2-1-5-12(13)9-22/h1-8H,10-11H2,(H,23,26)(H,24,25).